The predicted octanol–water partition coefficient (Wildman–Crippen LogP) is 2.83. The van der Waals surface area contributed by atoms with Crippen LogP contribution >= 0.6 is 0 Å². The lowest BCUT2D eigenvalue weighted by molar-refractivity contribution is 0.415. The lowest BCUT2D eigenvalue weighted by atomic mass is 10.1. The smallest absolute Gasteiger partial charge is 0.121 e. The second-order valence-corrected chi connectivity index (χ2v) is 4.80. The Morgan fingerprint density at radius 1 is 1.20 bits per heavy atom. The average Bonchev–Trinajstić information content (AvgIpc) is 2.78. The summed E-state index contributed by atoms with van der Waals surface area (Å²) in [7, 11) is 1.63. The third-order valence-electron chi connectivity index (χ3n) is 3.54. The van der Waals surface area contributed by atoms with Crippen molar-refractivity contribution in [2.24, 2.45) is 0 Å². The van der Waals surface area contributed by atoms with Gasteiger partial charge in [-0.15, -0.1) is 0 Å². The first-order valence-electron chi connectivity index (χ1n) is 6.36. The second kappa shape index (κ2) is 4.52. The fourth-order valence-corrected chi connectivity index (χ4v) is 2.22. The van der Waals surface area contributed by atoms with Gasteiger partial charge in [0.25, 0.3) is 0 Å². The lowest BCUT2D eigenvalue weighted by Gasteiger charge is -2.07. The molecule has 0 aliphatic heterocycles. The van der Waals surface area contributed by atoms with Crippen LogP contribution in [0.5, 0.6) is 5.75 Å². The highest BCUT2D eigenvalue weighted by molar-refractivity contribution is 5.93. The number of hydrogen-bond donors (Lipinski definition) is 2. The van der Waals surface area contributed by atoms with E-state index in [4.69, 9.17) is 10.5 Å². The van der Waals surface area contributed by atoms with E-state index in [1.807, 2.05) is 38.1 Å². The third kappa shape index (κ3) is 1.87. The largest absolute Gasteiger partial charge is 0.497 e. The van der Waals surface area contributed by atoms with Crippen LogP contribution in [0, 0.1) is 13.8 Å². The monoisotopic (exact) mass is 268 g/mol. The highest BCUT2D eigenvalue weighted by atomic mass is 16.5. The average molecular weight is 268 g/mol. The number of fused-ring (bicyclic) bond motifs is 1. The number of hydrogen-bond acceptors (Lipinski definition) is 4. The number of benzene rings is 1. The molecule has 0 amide bonds. The molecular formula is C15H16N4O. The Hall–Kier alpha value is -2.56. The van der Waals surface area contributed by atoms with E-state index in [9.17, 15) is 0 Å². The third-order valence-corrected chi connectivity index (χ3v) is 3.54. The Balaban J connectivity index is 2.25. The van der Waals surface area contributed by atoms with Crippen molar-refractivity contribution in [1.29, 1.82) is 0 Å². The van der Waals surface area contributed by atoms with Crippen LogP contribution in [-0.4, -0.2) is 22.3 Å². The Morgan fingerprint density at radius 2 is 2.00 bits per heavy atom. The van der Waals surface area contributed by atoms with Gasteiger partial charge in [-0.1, -0.05) is 0 Å². The van der Waals surface area contributed by atoms with E-state index in [-0.39, 0.29) is 0 Å². The molecule has 0 radical (unpaired) electrons. The van der Waals surface area contributed by atoms with Crippen LogP contribution in [-0.2, 0) is 0 Å². The van der Waals surface area contributed by atoms with Gasteiger partial charge in [0.1, 0.15) is 11.4 Å². The van der Waals surface area contributed by atoms with Gasteiger partial charge in [-0.2, -0.15) is 5.10 Å². The maximum atomic E-state index is 6.12. The van der Waals surface area contributed by atoms with Crippen molar-refractivity contribution >= 4 is 16.6 Å². The summed E-state index contributed by atoms with van der Waals surface area (Å²) < 4.78 is 5.23. The minimum atomic E-state index is 0.688. The molecule has 102 valence electrons. The normalized spacial score (nSPS) is 10.9. The van der Waals surface area contributed by atoms with Crippen LogP contribution < -0.4 is 10.5 Å². The molecule has 2 heterocycles. The molecule has 3 aromatic rings. The SMILES string of the molecule is COc1ccc2c(N)cc(-c3n[nH]c(C)c3C)nc2c1. The number of rotatable bonds is 2. The summed E-state index contributed by atoms with van der Waals surface area (Å²) in [6.07, 6.45) is 0. The summed E-state index contributed by atoms with van der Waals surface area (Å²) in [5.74, 6) is 0.761. The van der Waals surface area contributed by atoms with Gasteiger partial charge in [0.15, 0.2) is 0 Å². The summed E-state index contributed by atoms with van der Waals surface area (Å²) in [6.45, 7) is 4.00. The van der Waals surface area contributed by atoms with Gasteiger partial charge in [0.05, 0.1) is 18.3 Å². The Labute approximate surface area is 116 Å². The number of nitrogens with zero attached hydrogens (tertiary/aromatic N) is 2. The molecule has 0 atom stereocenters. The zero-order valence-corrected chi connectivity index (χ0v) is 11.7. The lowest BCUT2D eigenvalue weighted by Crippen LogP contribution is -1.94. The number of aromatic nitrogens is 3. The molecule has 0 saturated heterocycles. The second-order valence-electron chi connectivity index (χ2n) is 4.80. The van der Waals surface area contributed by atoms with Crippen molar-refractivity contribution < 1.29 is 4.74 Å². The topological polar surface area (TPSA) is 76.8 Å². The van der Waals surface area contributed by atoms with E-state index in [0.717, 1.165) is 39.3 Å². The molecule has 20 heavy (non-hydrogen) atoms. The first kappa shape index (κ1) is 12.5. The zero-order valence-electron chi connectivity index (χ0n) is 11.7. The number of methoxy groups -OCH3 is 1. The van der Waals surface area contributed by atoms with Gasteiger partial charge in [0.2, 0.25) is 0 Å². The fourth-order valence-electron chi connectivity index (χ4n) is 2.22. The number of nitrogens with two attached hydrogens (primary N) is 1. The summed E-state index contributed by atoms with van der Waals surface area (Å²) in [5, 5.41) is 8.19. The summed E-state index contributed by atoms with van der Waals surface area (Å²) in [4.78, 5) is 4.65. The van der Waals surface area contributed by atoms with E-state index in [0.29, 0.717) is 5.69 Å². The van der Waals surface area contributed by atoms with Crippen LogP contribution in [0.3, 0.4) is 0 Å². The van der Waals surface area contributed by atoms with Crippen LogP contribution in [0.1, 0.15) is 11.3 Å². The minimum Gasteiger partial charge on any atom is -0.497 e. The van der Waals surface area contributed by atoms with E-state index >= 15 is 0 Å². The molecule has 0 spiro atoms. The highest BCUT2D eigenvalue weighted by Crippen LogP contribution is 2.29. The highest BCUT2D eigenvalue weighted by Gasteiger charge is 2.12. The molecule has 0 fully saturated rings. The molecule has 3 rings (SSSR count). The number of anilines is 1. The maximum Gasteiger partial charge on any atom is 0.121 e. The summed E-state index contributed by atoms with van der Waals surface area (Å²) in [6, 6.07) is 7.54. The maximum absolute atomic E-state index is 6.12. The number of H-pyrrole nitrogens is 1. The standard InChI is InChI=1S/C15H16N4O/c1-8-9(2)18-19-15(8)14-7-12(16)11-5-4-10(20-3)6-13(11)17-14/h4-7H,1-3H3,(H2,16,17)(H,18,19). The number of nitrogen functional groups attached to an aromatic ring is 1. The van der Waals surface area contributed by atoms with Gasteiger partial charge in [-0.3, -0.25) is 5.10 Å². The number of nitrogens with one attached hydrogen (secondary N) is 1. The molecule has 1 aromatic carbocycles. The van der Waals surface area contributed by atoms with Crippen molar-refractivity contribution in [1.82, 2.24) is 15.2 Å². The number of pyridine rings is 1. The van der Waals surface area contributed by atoms with Crippen LogP contribution in [0.15, 0.2) is 24.3 Å². The van der Waals surface area contributed by atoms with Gasteiger partial charge in [-0.05, 0) is 37.6 Å². The Morgan fingerprint density at radius 3 is 2.65 bits per heavy atom. The van der Waals surface area contributed by atoms with E-state index in [2.05, 4.69) is 15.2 Å². The molecule has 3 N–H and O–H groups in total. The molecule has 0 aliphatic rings. The van der Waals surface area contributed by atoms with Crippen LogP contribution in [0.25, 0.3) is 22.3 Å². The van der Waals surface area contributed by atoms with Gasteiger partial charge < -0.3 is 10.5 Å². The molecule has 0 unspecified atom stereocenters. The number of aromatic amines is 1. The molecule has 5 heteroatoms. The van der Waals surface area contributed by atoms with Gasteiger partial charge in [0, 0.05) is 22.8 Å². The first-order valence-corrected chi connectivity index (χ1v) is 6.36. The Kier molecular flexibility index (Phi) is 2.82. The Bertz CT molecular complexity index is 792. The summed E-state index contributed by atoms with van der Waals surface area (Å²) >= 11 is 0. The van der Waals surface area contributed by atoms with E-state index in [1.54, 1.807) is 7.11 Å². The quantitative estimate of drug-likeness (QED) is 0.749. The van der Waals surface area contributed by atoms with Crippen molar-refractivity contribution in [2.75, 3.05) is 12.8 Å². The van der Waals surface area contributed by atoms with Crippen molar-refractivity contribution in [3.05, 3.63) is 35.5 Å². The zero-order chi connectivity index (χ0) is 14.3. The molecule has 2 aromatic heterocycles. The fraction of sp³-hybridized carbons (Fsp3) is 0.200. The predicted molar refractivity (Wildman–Crippen MR) is 79.8 cm³/mol. The molecule has 0 bridgehead atoms. The number of ether oxygens (including phenoxy) is 1. The van der Waals surface area contributed by atoms with Crippen molar-refractivity contribution in [2.45, 2.75) is 13.8 Å². The van der Waals surface area contributed by atoms with Gasteiger partial charge in [-0.25, -0.2) is 4.98 Å². The summed E-state index contributed by atoms with van der Waals surface area (Å²) in [5.41, 5.74) is 11.3. The molecular weight excluding hydrogens is 252 g/mol. The molecule has 5 nitrogen and oxygen atoms in total. The van der Waals surface area contributed by atoms with E-state index in [1.165, 1.54) is 0 Å². The van der Waals surface area contributed by atoms with Crippen molar-refractivity contribution in [3.63, 3.8) is 0 Å². The minimum absolute atomic E-state index is 0.688. The van der Waals surface area contributed by atoms with E-state index < -0.39 is 0 Å². The first-order chi connectivity index (χ1) is 9.60. The molecule has 0 saturated carbocycles. The number of aryl methyl sites for hydroxylation is 1. The molecule has 0 aliphatic carbocycles. The van der Waals surface area contributed by atoms with Crippen LogP contribution in [0.2, 0.25) is 0 Å². The van der Waals surface area contributed by atoms with Crippen molar-refractivity contribution in [3.8, 4) is 17.1 Å². The van der Waals surface area contributed by atoms with Crippen LogP contribution in [0.4, 0.5) is 5.69 Å². The van der Waals surface area contributed by atoms with Gasteiger partial charge >= 0.3 is 0 Å².